The Morgan fingerprint density at radius 3 is 1.63 bits per heavy atom. The zero-order valence-corrected chi connectivity index (χ0v) is 30.1. The topological polar surface area (TPSA) is 0 Å². The molecular formula is C54H36. The highest BCUT2D eigenvalue weighted by Gasteiger charge is 2.41. The van der Waals surface area contributed by atoms with Gasteiger partial charge in [-0.1, -0.05) is 164 Å². The quantitative estimate of drug-likeness (QED) is 0.128. The molecule has 11 rings (SSSR count). The Morgan fingerprint density at radius 1 is 0.296 bits per heavy atom. The van der Waals surface area contributed by atoms with E-state index in [0.29, 0.717) is 0 Å². The molecule has 0 heterocycles. The Morgan fingerprint density at radius 2 is 0.870 bits per heavy atom. The summed E-state index contributed by atoms with van der Waals surface area (Å²) in [6.45, 7) is 2.41. The minimum atomic E-state index is -0.273. The average Bonchev–Trinajstić information content (AvgIpc) is 3.49. The second-order valence-corrected chi connectivity index (χ2v) is 15.0. The number of hydrogen-bond donors (Lipinski definition) is 0. The molecule has 10 aromatic rings. The van der Waals surface area contributed by atoms with Crippen LogP contribution in [0.25, 0.3) is 87.6 Å². The molecule has 252 valence electrons. The van der Waals surface area contributed by atoms with Gasteiger partial charge in [-0.3, -0.25) is 0 Å². The molecule has 1 aliphatic carbocycles. The summed E-state index contributed by atoms with van der Waals surface area (Å²) in [6.07, 6.45) is 0. The molecule has 0 saturated heterocycles. The summed E-state index contributed by atoms with van der Waals surface area (Å²) >= 11 is 0. The Bertz CT molecular complexity index is 3110. The van der Waals surface area contributed by atoms with Gasteiger partial charge in [-0.05, 0) is 148 Å². The summed E-state index contributed by atoms with van der Waals surface area (Å²) in [5.74, 6) is 0. The maximum atomic E-state index is 2.45. The van der Waals surface area contributed by atoms with E-state index in [0.717, 1.165) is 0 Å². The van der Waals surface area contributed by atoms with E-state index in [2.05, 4.69) is 207 Å². The van der Waals surface area contributed by atoms with Gasteiger partial charge in [0.2, 0.25) is 0 Å². The van der Waals surface area contributed by atoms with Crippen LogP contribution in [0.2, 0.25) is 0 Å². The van der Waals surface area contributed by atoms with Crippen LogP contribution in [0, 0.1) is 0 Å². The summed E-state index contributed by atoms with van der Waals surface area (Å²) < 4.78 is 0. The maximum absolute atomic E-state index is 2.45. The van der Waals surface area contributed by atoms with Gasteiger partial charge in [-0.2, -0.15) is 0 Å². The van der Waals surface area contributed by atoms with Crippen molar-refractivity contribution in [3.8, 4) is 44.5 Å². The van der Waals surface area contributed by atoms with Crippen molar-refractivity contribution in [3.63, 3.8) is 0 Å². The highest BCUT2D eigenvalue weighted by molar-refractivity contribution is 6.20. The molecule has 0 saturated carbocycles. The fourth-order valence-corrected chi connectivity index (χ4v) is 9.34. The first kappa shape index (κ1) is 30.8. The highest BCUT2D eigenvalue weighted by atomic mass is 14.4. The first-order valence-corrected chi connectivity index (χ1v) is 18.9. The normalized spacial score (nSPS) is 14.8. The maximum Gasteiger partial charge on any atom is 0.0435 e. The Kier molecular flexibility index (Phi) is 6.78. The van der Waals surface area contributed by atoms with E-state index in [4.69, 9.17) is 0 Å². The number of hydrogen-bond acceptors (Lipinski definition) is 0. The number of fused-ring (bicyclic) bond motifs is 8. The molecule has 0 bridgehead atoms. The molecular weight excluding hydrogens is 649 g/mol. The van der Waals surface area contributed by atoms with Crippen LogP contribution >= 0.6 is 0 Å². The first-order valence-electron chi connectivity index (χ1n) is 18.9. The molecule has 10 aromatic carbocycles. The van der Waals surface area contributed by atoms with Crippen LogP contribution in [0.1, 0.15) is 23.6 Å². The van der Waals surface area contributed by atoms with Crippen molar-refractivity contribution in [2.45, 2.75) is 12.3 Å². The highest BCUT2D eigenvalue weighted by Crippen LogP contribution is 2.54. The predicted molar refractivity (Wildman–Crippen MR) is 230 cm³/mol. The van der Waals surface area contributed by atoms with Gasteiger partial charge in [-0.25, -0.2) is 0 Å². The van der Waals surface area contributed by atoms with Crippen LogP contribution in [0.5, 0.6) is 0 Å². The van der Waals surface area contributed by atoms with Crippen molar-refractivity contribution in [3.05, 3.63) is 217 Å². The van der Waals surface area contributed by atoms with E-state index in [1.54, 1.807) is 0 Å². The lowest BCUT2D eigenvalue weighted by Crippen LogP contribution is -2.22. The molecule has 0 spiro atoms. The van der Waals surface area contributed by atoms with Crippen LogP contribution in [0.15, 0.2) is 200 Å². The third-order valence-electron chi connectivity index (χ3n) is 12.1. The second-order valence-electron chi connectivity index (χ2n) is 15.0. The molecule has 0 aliphatic heterocycles. The predicted octanol–water partition coefficient (Wildman–Crippen LogP) is 14.6. The minimum Gasteiger partial charge on any atom is -0.0622 e. The van der Waals surface area contributed by atoms with Gasteiger partial charge in [0.05, 0.1) is 0 Å². The summed E-state index contributed by atoms with van der Waals surface area (Å²) in [6, 6.07) is 74.4. The molecule has 0 aromatic heterocycles. The summed E-state index contributed by atoms with van der Waals surface area (Å²) in [7, 11) is 0. The third kappa shape index (κ3) is 4.63. The zero-order chi connectivity index (χ0) is 35.8. The second kappa shape index (κ2) is 11.9. The van der Waals surface area contributed by atoms with Gasteiger partial charge in [0.15, 0.2) is 0 Å². The summed E-state index contributed by atoms with van der Waals surface area (Å²) in [4.78, 5) is 0. The van der Waals surface area contributed by atoms with Crippen molar-refractivity contribution >= 4 is 43.1 Å². The van der Waals surface area contributed by atoms with Crippen molar-refractivity contribution < 1.29 is 0 Å². The lowest BCUT2D eigenvalue weighted by molar-refractivity contribution is 0.715. The van der Waals surface area contributed by atoms with Gasteiger partial charge in [0.25, 0.3) is 0 Å². The number of benzene rings is 10. The average molecular weight is 685 g/mol. The van der Waals surface area contributed by atoms with E-state index < -0.39 is 0 Å². The lowest BCUT2D eigenvalue weighted by atomic mass is 9.73. The van der Waals surface area contributed by atoms with Gasteiger partial charge in [-0.15, -0.1) is 0 Å². The largest absolute Gasteiger partial charge is 0.0622 e. The first-order chi connectivity index (χ1) is 26.6. The molecule has 1 unspecified atom stereocenters. The van der Waals surface area contributed by atoms with E-state index >= 15 is 0 Å². The van der Waals surface area contributed by atoms with Crippen LogP contribution in [-0.4, -0.2) is 0 Å². The molecule has 0 amide bonds. The SMILES string of the molecule is CC1(c2ccccc2)c2cc(-c3cccc(-c4cccc(-c5c6ccccc6cc6c5ccc5ccccc56)c4)c3)ccc2-c2cc3ccccc3cc21. The molecule has 0 fully saturated rings. The molecule has 1 atom stereocenters. The van der Waals surface area contributed by atoms with Crippen LogP contribution < -0.4 is 0 Å². The molecule has 54 heavy (non-hydrogen) atoms. The zero-order valence-electron chi connectivity index (χ0n) is 30.1. The van der Waals surface area contributed by atoms with Crippen molar-refractivity contribution in [1.29, 1.82) is 0 Å². The van der Waals surface area contributed by atoms with Gasteiger partial charge >= 0.3 is 0 Å². The van der Waals surface area contributed by atoms with Gasteiger partial charge in [0.1, 0.15) is 0 Å². The third-order valence-corrected chi connectivity index (χ3v) is 12.1. The van der Waals surface area contributed by atoms with E-state index in [9.17, 15) is 0 Å². The van der Waals surface area contributed by atoms with Crippen molar-refractivity contribution in [2.75, 3.05) is 0 Å². The van der Waals surface area contributed by atoms with Crippen LogP contribution in [0.3, 0.4) is 0 Å². The van der Waals surface area contributed by atoms with Crippen molar-refractivity contribution in [1.82, 2.24) is 0 Å². The summed E-state index contributed by atoms with van der Waals surface area (Å²) in [5, 5.41) is 10.2. The molecule has 0 N–H and O–H groups in total. The van der Waals surface area contributed by atoms with E-state index in [-0.39, 0.29) is 5.41 Å². The number of rotatable bonds is 4. The van der Waals surface area contributed by atoms with Crippen LogP contribution in [-0.2, 0) is 5.41 Å². The molecule has 0 heteroatoms. The van der Waals surface area contributed by atoms with Crippen LogP contribution in [0.4, 0.5) is 0 Å². The summed E-state index contributed by atoms with van der Waals surface area (Å²) in [5.41, 5.74) is 13.8. The lowest BCUT2D eigenvalue weighted by Gasteiger charge is -2.29. The minimum absolute atomic E-state index is 0.273. The molecule has 0 nitrogen and oxygen atoms in total. The molecule has 1 aliphatic rings. The van der Waals surface area contributed by atoms with Gasteiger partial charge < -0.3 is 0 Å². The Labute approximate surface area is 315 Å². The monoisotopic (exact) mass is 684 g/mol. The smallest absolute Gasteiger partial charge is 0.0435 e. The Hall–Kier alpha value is -6.76. The fraction of sp³-hybridized carbons (Fsp3) is 0.0370. The van der Waals surface area contributed by atoms with E-state index in [1.807, 2.05) is 0 Å². The van der Waals surface area contributed by atoms with E-state index in [1.165, 1.54) is 104 Å². The van der Waals surface area contributed by atoms with Gasteiger partial charge in [0, 0.05) is 5.41 Å². The standard InChI is InChI=1S/C54H36/c1-54(44-21-3-2-4-22-44)51-34-41(26-27-47(51)50-31-39-14-5-6-15-40(39)33-52(50)54)37-18-11-17-36(29-37)38-19-12-20-43(30-38)53-46-24-10-8-16-42(46)32-49-45-23-9-7-13-35(45)25-28-48(49)53/h2-34H,1H3. The fourth-order valence-electron chi connectivity index (χ4n) is 9.34. The Balaban J connectivity index is 1.05. The molecule has 0 radical (unpaired) electrons. The van der Waals surface area contributed by atoms with Crippen molar-refractivity contribution in [2.24, 2.45) is 0 Å².